The maximum Gasteiger partial charge on any atom is 0.385 e. The van der Waals surface area contributed by atoms with Gasteiger partial charge in [0.15, 0.2) is 0 Å². The molecule has 25 nitrogen and oxygen atoms in total. The molecule has 0 saturated heterocycles. The fourth-order valence-corrected chi connectivity index (χ4v) is 13.2. The number of esters is 2. The fraction of sp³-hybridized carbons (Fsp3) is 0.433. The SMILES string of the molecule is CCOC(=O)C(F)(F)[Si](C)(C)C.CCOC(=O)C(F)(F)c1ncnc2c1ccn2COCC[Si](C)(C)C.C[Si](C)(C)CCOCn1ccc2c(C(F)F)ncnc21.C[Si](C)(C)CCOCn1ccc2c(I)ncnc21.Clc1ncnc2[nH]ccc12.FC(F)c1ncnc2[nH]ccc12.I.Ic1ncnc2[nH]ccc12.[V].[V].[V].[V].[V].[V].[V].[V].[V].[V]. The quantitative estimate of drug-likeness (QED) is 0.0134. The molecular weight excluding hydrogens is 2360 g/mol. The van der Waals surface area contributed by atoms with Crippen molar-refractivity contribution in [1.29, 1.82) is 0 Å². The second kappa shape index (κ2) is 60.8. The van der Waals surface area contributed by atoms with Gasteiger partial charge in [-0.05, 0) is 114 Å². The summed E-state index contributed by atoms with van der Waals surface area (Å²) in [5, 5.41) is 4.41. The number of carbonyl (C=O) groups is 2. The molecule has 0 spiro atoms. The Morgan fingerprint density at radius 1 is 0.432 bits per heavy atom. The van der Waals surface area contributed by atoms with E-state index in [0.717, 1.165) is 71.9 Å². The second-order valence-electron chi connectivity index (χ2n) is 28.0. The standard InChI is InChI=1S/C16H23F2N3O3Si.C13H19F2N3OSi.C12H18IN3OSi.C7H5F2N3.C7H14F2O2Si.C6H4ClN3.C6H4IN3.HI.10V/c1-5-24-15(22)16(17,18)13-12-6-7-21(14(12)20-10-19-13)11-23-8-9-25(2,3)4;1-20(2,3)7-6-19-9-18-5-4-10-11(12(14)15)16-8-17-13(10)18;1-18(2,3)7-6-17-9-16-5-4-10-11(13)14-8-15-12(10)16;8-6(9)5-4-1-2-10-7(4)12-3-11-5;1-5-11-6(10)7(8,9)12(2,3)4;2*7-5-4-1-2-8-6(4)10-3-9-5;;;;;;;;;;;/h6-7,10H,5,8-9,11H2,1-4H3;4-5,8,12H,6-7,9H2,1-3H3;4-5,8H,6-7,9H2,1-3H3;1-3,6H,(H,10,11,12);5H2,1-4H3;2*1-3H,(H,8,9,10);1H;;;;;;;;;;. The van der Waals surface area contributed by atoms with E-state index in [9.17, 15) is 44.7 Å². The zero-order chi connectivity index (χ0) is 79.1. The number of aromatic amines is 3. The molecule has 12 rings (SSSR count). The molecule has 0 aromatic carbocycles. The van der Waals surface area contributed by atoms with Crippen LogP contribution < -0.4 is 0 Å². The van der Waals surface area contributed by atoms with Crippen molar-refractivity contribution in [2.45, 2.75) is 155 Å². The molecule has 10 radical (unpaired) electrons. The molecule has 0 aliphatic rings. The minimum absolute atomic E-state index is 0. The van der Waals surface area contributed by atoms with Crippen LogP contribution >= 0.6 is 80.8 Å². The Morgan fingerprint density at radius 3 is 1.16 bits per heavy atom. The number of rotatable bonds is 23. The van der Waals surface area contributed by atoms with E-state index in [1.165, 1.54) is 64.3 Å². The second-order valence-corrected chi connectivity index (χ2v) is 52.4. The number of nitrogens with zero attached hydrogens (tertiary/aromatic N) is 15. The van der Waals surface area contributed by atoms with Crippen molar-refractivity contribution in [1.82, 2.24) is 88.5 Å². The molecule has 0 fully saturated rings. The Balaban J connectivity index is -0.000000312. The Bertz CT molecular complexity index is 4760. The van der Waals surface area contributed by atoms with Gasteiger partial charge in [0.2, 0.25) is 0 Å². The van der Waals surface area contributed by atoms with Gasteiger partial charge in [-0.25, -0.2) is 87.0 Å². The van der Waals surface area contributed by atoms with Gasteiger partial charge >= 0.3 is 23.4 Å². The number of carbonyl (C=O) groups excluding carboxylic acids is 2. The predicted molar refractivity (Wildman–Crippen MR) is 438 cm³/mol. The monoisotopic (exact) mass is 2450 g/mol. The van der Waals surface area contributed by atoms with Crippen LogP contribution in [0.5, 0.6) is 0 Å². The molecule has 0 aliphatic carbocycles. The van der Waals surface area contributed by atoms with Crippen LogP contribution in [-0.4, -0.2) is 171 Å². The van der Waals surface area contributed by atoms with Gasteiger partial charge in [0.05, 0.1) is 29.4 Å². The first-order chi connectivity index (χ1) is 50.3. The molecule has 3 N–H and O–H groups in total. The van der Waals surface area contributed by atoms with Crippen LogP contribution in [0.25, 0.3) is 66.2 Å². The third kappa shape index (κ3) is 40.2. The number of aromatic nitrogens is 18. The van der Waals surface area contributed by atoms with E-state index < -0.39 is 74.2 Å². The van der Waals surface area contributed by atoms with Crippen molar-refractivity contribution in [3.05, 3.63) is 141 Å². The molecule has 51 heteroatoms. The van der Waals surface area contributed by atoms with Gasteiger partial charge in [-0.2, -0.15) is 17.6 Å². The summed E-state index contributed by atoms with van der Waals surface area (Å²) in [6.07, 6.45) is 13.3. The Morgan fingerprint density at radius 2 is 0.754 bits per heavy atom. The van der Waals surface area contributed by atoms with Crippen LogP contribution in [0, 0.1) is 7.40 Å². The van der Waals surface area contributed by atoms with Crippen LogP contribution in [0.3, 0.4) is 0 Å². The number of H-pyrrole nitrogens is 3. The van der Waals surface area contributed by atoms with E-state index in [4.69, 9.17) is 25.8 Å². The van der Waals surface area contributed by atoms with Crippen molar-refractivity contribution >= 4 is 191 Å². The average Bonchev–Trinajstić information content (AvgIpc) is 1.69. The summed E-state index contributed by atoms with van der Waals surface area (Å²) in [6.45, 7) is 31.0. The summed E-state index contributed by atoms with van der Waals surface area (Å²) in [7, 11) is -6.11. The number of hydrogen-bond donors (Lipinski definition) is 3. The van der Waals surface area contributed by atoms with Crippen molar-refractivity contribution in [2.24, 2.45) is 0 Å². The van der Waals surface area contributed by atoms with Crippen LogP contribution in [0.4, 0.5) is 35.1 Å². The minimum Gasteiger partial charge on any atom is -0.462 e. The van der Waals surface area contributed by atoms with Gasteiger partial charge in [0.1, 0.15) is 130 Å². The molecular formula is C67H88ClF8I3N18O7Si4V10. The summed E-state index contributed by atoms with van der Waals surface area (Å²) in [4.78, 5) is 77.9. The Kier molecular flexibility index (Phi) is 65.9. The van der Waals surface area contributed by atoms with Crippen molar-refractivity contribution in [2.75, 3.05) is 33.0 Å². The first-order valence-electron chi connectivity index (χ1n) is 33.4. The van der Waals surface area contributed by atoms with Gasteiger partial charge in [-0.1, -0.05) is 90.2 Å². The third-order valence-electron chi connectivity index (χ3n) is 15.0. The molecule has 0 aliphatic heterocycles. The molecule has 12 aromatic rings. The van der Waals surface area contributed by atoms with Gasteiger partial charge in [-0.3, -0.25) is 0 Å². The van der Waals surface area contributed by atoms with E-state index in [0.29, 0.717) is 59.5 Å². The van der Waals surface area contributed by atoms with Gasteiger partial charge in [0.25, 0.3) is 12.9 Å². The van der Waals surface area contributed by atoms with E-state index in [1.54, 1.807) is 52.6 Å². The van der Waals surface area contributed by atoms with Crippen LogP contribution in [0.1, 0.15) is 43.8 Å². The first-order valence-corrected chi connectivity index (χ1v) is 50.6. The largest absolute Gasteiger partial charge is 0.462 e. The Labute approximate surface area is 851 Å². The number of halogens is 12. The molecule has 12 heterocycles. The molecule has 0 amide bonds. The summed E-state index contributed by atoms with van der Waals surface area (Å²) in [5.41, 5.74) is -0.524. The summed E-state index contributed by atoms with van der Waals surface area (Å²) < 4.78 is 138. The zero-order valence-electron chi connectivity index (χ0n) is 66.4. The molecule has 0 saturated carbocycles. The maximum atomic E-state index is 14.3. The number of fused-ring (bicyclic) bond motifs is 6. The third-order valence-corrected chi connectivity index (χ3v) is 24.3. The molecule has 118 heavy (non-hydrogen) atoms. The number of nitrogens with one attached hydrogen (secondary N) is 3. The topological polar surface area (TPSA) is 297 Å². The zero-order valence-corrected chi connectivity index (χ0v) is 91.8. The van der Waals surface area contributed by atoms with Crippen LogP contribution in [0.15, 0.2) is 112 Å². The summed E-state index contributed by atoms with van der Waals surface area (Å²) >= 11 is 10.1. The van der Waals surface area contributed by atoms with Gasteiger partial charge in [0, 0.05) is 283 Å². The van der Waals surface area contributed by atoms with Gasteiger partial charge < -0.3 is 52.3 Å². The van der Waals surface area contributed by atoms with E-state index in [-0.39, 0.29) is 246 Å². The first kappa shape index (κ1) is 128. The normalized spacial score (nSPS) is 10.9. The van der Waals surface area contributed by atoms with E-state index >= 15 is 0 Å². The number of alkyl halides is 8. The van der Waals surface area contributed by atoms with Crippen LogP contribution in [-0.2, 0) is 245 Å². The minimum atomic E-state index is -3.83. The van der Waals surface area contributed by atoms with Crippen molar-refractivity contribution < 1.29 is 254 Å². The van der Waals surface area contributed by atoms with Gasteiger partial charge in [-0.15, -0.1) is 24.0 Å². The van der Waals surface area contributed by atoms with E-state index in [1.807, 2.05) is 35.2 Å². The molecule has 0 atom stereocenters. The summed E-state index contributed by atoms with van der Waals surface area (Å²) in [5.74, 6) is -6.83. The fourth-order valence-electron chi connectivity index (χ4n) is 8.95. The molecule has 0 bridgehead atoms. The average molecular weight is 2450 g/mol. The van der Waals surface area contributed by atoms with Crippen molar-refractivity contribution in [3.63, 3.8) is 0 Å². The summed E-state index contributed by atoms with van der Waals surface area (Å²) in [6, 6.07) is 13.7. The van der Waals surface area contributed by atoms with Crippen LogP contribution in [0.2, 0.25) is 102 Å². The maximum absolute atomic E-state index is 14.3. The Hall–Kier alpha value is -0.828. The number of ether oxygens (including phenoxy) is 5. The predicted octanol–water partition coefficient (Wildman–Crippen LogP) is 18.2. The van der Waals surface area contributed by atoms with E-state index in [2.05, 4.69) is 188 Å². The molecule has 0 unspecified atom stereocenters. The smallest absolute Gasteiger partial charge is 0.385 e. The molecule has 12 aromatic heterocycles. The van der Waals surface area contributed by atoms with Crippen molar-refractivity contribution in [3.8, 4) is 0 Å². The number of hydrogen-bond acceptors (Lipinski definition) is 19. The molecule has 638 valence electrons.